The highest BCUT2D eigenvalue weighted by Crippen LogP contribution is 2.30. The van der Waals surface area contributed by atoms with Crippen LogP contribution in [0.3, 0.4) is 0 Å². The van der Waals surface area contributed by atoms with Crippen molar-refractivity contribution in [2.45, 2.75) is 12.6 Å². The summed E-state index contributed by atoms with van der Waals surface area (Å²) in [7, 11) is 1.53. The fourth-order valence-corrected chi connectivity index (χ4v) is 3.11. The number of ether oxygens (including phenoxy) is 2. The van der Waals surface area contributed by atoms with E-state index in [1.807, 2.05) is 42.5 Å². The van der Waals surface area contributed by atoms with Crippen molar-refractivity contribution in [3.63, 3.8) is 0 Å². The molecule has 5 heteroatoms. The average Bonchev–Trinajstić information content (AvgIpc) is 2.83. The number of amides is 1. The van der Waals surface area contributed by atoms with E-state index in [4.69, 9.17) is 9.47 Å². The molecule has 0 saturated heterocycles. The maximum atomic E-state index is 12.9. The summed E-state index contributed by atoms with van der Waals surface area (Å²) in [6.07, 6.45) is 0. The summed E-state index contributed by atoms with van der Waals surface area (Å²) in [4.78, 5) is 25.8. The van der Waals surface area contributed by atoms with Crippen molar-refractivity contribution in [2.24, 2.45) is 0 Å². The number of benzene rings is 3. The lowest BCUT2D eigenvalue weighted by molar-refractivity contribution is -0.140. The Morgan fingerprint density at radius 3 is 2.19 bits per heavy atom. The number of hydrogen-bond acceptors (Lipinski definition) is 4. The predicted octanol–water partition coefficient (Wildman–Crippen LogP) is 4.62. The van der Waals surface area contributed by atoms with Crippen LogP contribution < -0.4 is 10.1 Å². The van der Waals surface area contributed by atoms with Gasteiger partial charge in [-0.1, -0.05) is 73.3 Å². The summed E-state index contributed by atoms with van der Waals surface area (Å²) in [5, 5.41) is 2.90. The highest BCUT2D eigenvalue weighted by atomic mass is 16.5. The zero-order valence-electron chi connectivity index (χ0n) is 17.2. The van der Waals surface area contributed by atoms with Gasteiger partial charge in [-0.2, -0.15) is 0 Å². The van der Waals surface area contributed by atoms with Crippen molar-refractivity contribution < 1.29 is 19.1 Å². The van der Waals surface area contributed by atoms with Gasteiger partial charge >= 0.3 is 5.97 Å². The zero-order chi connectivity index (χ0) is 22.1. The molecule has 3 aromatic rings. The van der Waals surface area contributed by atoms with Crippen LogP contribution in [0.1, 0.15) is 27.5 Å². The van der Waals surface area contributed by atoms with Gasteiger partial charge in [-0.25, -0.2) is 4.79 Å². The van der Waals surface area contributed by atoms with Gasteiger partial charge in [0.1, 0.15) is 17.9 Å². The topological polar surface area (TPSA) is 64.6 Å². The van der Waals surface area contributed by atoms with Crippen molar-refractivity contribution in [3.05, 3.63) is 120 Å². The molecule has 0 aromatic heterocycles. The van der Waals surface area contributed by atoms with Crippen LogP contribution in [0, 0.1) is 0 Å². The van der Waals surface area contributed by atoms with Gasteiger partial charge < -0.3 is 14.8 Å². The molecule has 5 nitrogen and oxygen atoms in total. The van der Waals surface area contributed by atoms with Crippen LogP contribution in [-0.2, 0) is 16.1 Å². The number of nitrogens with one attached hydrogen (secondary N) is 1. The van der Waals surface area contributed by atoms with Crippen LogP contribution in [0.15, 0.2) is 103 Å². The molecular weight excluding hydrogens is 390 g/mol. The second kappa shape index (κ2) is 10.6. The van der Waals surface area contributed by atoms with Gasteiger partial charge in [0, 0.05) is 11.1 Å². The van der Waals surface area contributed by atoms with Gasteiger partial charge in [-0.05, 0) is 23.8 Å². The lowest BCUT2D eigenvalue weighted by atomic mass is 9.97. The number of para-hydroxylation sites is 1. The molecule has 1 N–H and O–H groups in total. The smallest absolute Gasteiger partial charge is 0.344 e. The molecule has 0 spiro atoms. The van der Waals surface area contributed by atoms with E-state index < -0.39 is 12.0 Å². The van der Waals surface area contributed by atoms with Crippen molar-refractivity contribution in [1.29, 1.82) is 0 Å². The number of esters is 1. The average molecular weight is 413 g/mol. The molecule has 3 aromatic carbocycles. The first-order valence-electron chi connectivity index (χ1n) is 9.74. The molecule has 1 atom stereocenters. The first kappa shape index (κ1) is 21.6. The summed E-state index contributed by atoms with van der Waals surface area (Å²) < 4.78 is 10.9. The summed E-state index contributed by atoms with van der Waals surface area (Å²) in [5.74, 6) is -0.451. The highest BCUT2D eigenvalue weighted by molar-refractivity contribution is 5.97. The van der Waals surface area contributed by atoms with Gasteiger partial charge in [-0.3, -0.25) is 4.79 Å². The van der Waals surface area contributed by atoms with E-state index >= 15 is 0 Å². The summed E-state index contributed by atoms with van der Waals surface area (Å²) in [5.41, 5.74) is 4.66. The second-order valence-corrected chi connectivity index (χ2v) is 6.67. The van der Waals surface area contributed by atoms with Gasteiger partial charge in [0.05, 0.1) is 13.2 Å². The van der Waals surface area contributed by atoms with Gasteiger partial charge in [0.2, 0.25) is 0 Å². The number of methoxy groups -OCH3 is 1. The Labute approximate surface area is 181 Å². The van der Waals surface area contributed by atoms with Gasteiger partial charge in [-0.15, -0.1) is 5.73 Å². The minimum Gasteiger partial charge on any atom is -0.496 e. The highest BCUT2D eigenvalue weighted by Gasteiger charge is 2.28. The molecule has 156 valence electrons. The molecule has 0 saturated carbocycles. The van der Waals surface area contributed by atoms with E-state index in [1.54, 1.807) is 42.5 Å². The standard InChI is InChI=1S/C26H23NO4/c1-3-21(26(29)31-18-19-12-6-4-7-13-19)24(22-16-10-11-17-23(22)30-2)27-25(28)20-14-8-5-9-15-20/h4-17,24H,1,18H2,2H3,(H,27,28)/t24-/m1/s1. The molecule has 0 aliphatic rings. The van der Waals surface area contributed by atoms with Crippen molar-refractivity contribution >= 4 is 11.9 Å². The fraction of sp³-hybridized carbons (Fsp3) is 0.115. The quantitative estimate of drug-likeness (QED) is 0.332. The van der Waals surface area contributed by atoms with Gasteiger partial charge in [0.15, 0.2) is 0 Å². The summed E-state index contributed by atoms with van der Waals surface area (Å²) >= 11 is 0. The van der Waals surface area contributed by atoms with Gasteiger partial charge in [0.25, 0.3) is 5.91 Å². The Morgan fingerprint density at radius 1 is 0.935 bits per heavy atom. The minimum atomic E-state index is -0.857. The van der Waals surface area contributed by atoms with Crippen molar-refractivity contribution in [3.8, 4) is 5.75 Å². The van der Waals surface area contributed by atoms with Crippen LogP contribution in [-0.4, -0.2) is 19.0 Å². The third kappa shape index (κ3) is 5.50. The Morgan fingerprint density at radius 2 is 1.55 bits per heavy atom. The lowest BCUT2D eigenvalue weighted by Crippen LogP contribution is -2.32. The lowest BCUT2D eigenvalue weighted by Gasteiger charge is -2.22. The van der Waals surface area contributed by atoms with E-state index in [0.29, 0.717) is 16.9 Å². The Bertz CT molecular complexity index is 1090. The van der Waals surface area contributed by atoms with E-state index in [0.717, 1.165) is 5.56 Å². The Hall–Kier alpha value is -4.08. The fourth-order valence-electron chi connectivity index (χ4n) is 3.11. The zero-order valence-corrected chi connectivity index (χ0v) is 17.2. The summed E-state index contributed by atoms with van der Waals surface area (Å²) in [6.45, 7) is 3.76. The molecule has 31 heavy (non-hydrogen) atoms. The van der Waals surface area contributed by atoms with E-state index in [9.17, 15) is 9.59 Å². The molecule has 3 rings (SSSR count). The number of carbonyl (C=O) groups is 2. The van der Waals surface area contributed by atoms with Crippen LogP contribution in [0.5, 0.6) is 5.75 Å². The molecule has 0 fully saturated rings. The monoisotopic (exact) mass is 413 g/mol. The van der Waals surface area contributed by atoms with Crippen LogP contribution in [0.2, 0.25) is 0 Å². The molecule has 0 bridgehead atoms. The van der Waals surface area contributed by atoms with Crippen LogP contribution in [0.4, 0.5) is 0 Å². The molecule has 0 aliphatic heterocycles. The molecule has 0 heterocycles. The molecular formula is C26H23NO4. The number of carbonyl (C=O) groups excluding carboxylic acids is 2. The normalized spacial score (nSPS) is 11.0. The summed E-state index contributed by atoms with van der Waals surface area (Å²) in [6, 6.07) is 24.4. The van der Waals surface area contributed by atoms with E-state index in [-0.39, 0.29) is 18.1 Å². The maximum absolute atomic E-state index is 12.9. The van der Waals surface area contributed by atoms with E-state index in [2.05, 4.69) is 17.6 Å². The first-order valence-corrected chi connectivity index (χ1v) is 9.74. The van der Waals surface area contributed by atoms with E-state index in [1.165, 1.54) is 7.11 Å². The second-order valence-electron chi connectivity index (χ2n) is 6.67. The van der Waals surface area contributed by atoms with Crippen molar-refractivity contribution in [2.75, 3.05) is 7.11 Å². The SMILES string of the molecule is C=C=C(C(=O)OCc1ccccc1)[C@@H](NC(=O)c1ccccc1)c1ccccc1OC. The van der Waals surface area contributed by atoms with Crippen LogP contribution in [0.25, 0.3) is 0 Å². The third-order valence-corrected chi connectivity index (χ3v) is 4.67. The number of rotatable bonds is 8. The molecule has 0 radical (unpaired) electrons. The largest absolute Gasteiger partial charge is 0.496 e. The predicted molar refractivity (Wildman–Crippen MR) is 119 cm³/mol. The molecule has 0 aliphatic carbocycles. The molecule has 0 unspecified atom stereocenters. The first-order chi connectivity index (χ1) is 15.1. The third-order valence-electron chi connectivity index (χ3n) is 4.67. The van der Waals surface area contributed by atoms with Crippen molar-refractivity contribution in [1.82, 2.24) is 5.32 Å². The van der Waals surface area contributed by atoms with Crippen LogP contribution >= 0.6 is 0 Å². The molecule has 1 amide bonds. The maximum Gasteiger partial charge on any atom is 0.344 e. The Kier molecular flexibility index (Phi) is 7.41. The Balaban J connectivity index is 1.90. The number of hydrogen-bond donors (Lipinski definition) is 1. The minimum absolute atomic E-state index is 0.0877.